The van der Waals surface area contributed by atoms with E-state index in [0.717, 1.165) is 23.8 Å². The molecule has 2 aromatic rings. The molecule has 1 fully saturated rings. The number of anilines is 1. The van der Waals surface area contributed by atoms with Crippen LogP contribution in [0, 0.1) is 6.92 Å². The number of carbonyl (C=O) groups is 1. The van der Waals surface area contributed by atoms with E-state index in [1.807, 2.05) is 30.0 Å². The second-order valence-corrected chi connectivity index (χ2v) is 5.78. The number of nitrogens with zero attached hydrogens (tertiary/aromatic N) is 4. The monoisotopic (exact) mass is 288 g/mol. The quantitative estimate of drug-likeness (QED) is 0.845. The second kappa shape index (κ2) is 5.58. The number of rotatable bonds is 2. The van der Waals surface area contributed by atoms with Crippen molar-refractivity contribution >= 4 is 23.1 Å². The molecule has 0 N–H and O–H groups in total. The summed E-state index contributed by atoms with van der Waals surface area (Å²) >= 11 is 1.52. The summed E-state index contributed by atoms with van der Waals surface area (Å²) in [6, 6.07) is 5.90. The Morgan fingerprint density at radius 2 is 2.00 bits per heavy atom. The molecule has 0 bridgehead atoms. The second-order valence-electron chi connectivity index (χ2n) is 4.72. The topological polar surface area (TPSA) is 49.3 Å². The Balaban J connectivity index is 1.64. The van der Waals surface area contributed by atoms with Crippen molar-refractivity contribution in [2.75, 3.05) is 31.1 Å². The fraction of sp³-hybridized carbons (Fsp3) is 0.357. The Morgan fingerprint density at radius 1 is 1.20 bits per heavy atom. The van der Waals surface area contributed by atoms with E-state index in [4.69, 9.17) is 0 Å². The number of piperazine rings is 1. The first-order chi connectivity index (χ1) is 9.75. The van der Waals surface area contributed by atoms with Crippen molar-refractivity contribution in [3.8, 4) is 0 Å². The lowest BCUT2D eigenvalue weighted by atomic mass is 10.2. The van der Waals surface area contributed by atoms with Crippen LogP contribution < -0.4 is 4.90 Å². The summed E-state index contributed by atoms with van der Waals surface area (Å²) in [7, 11) is 0. The Hall–Kier alpha value is -1.95. The maximum absolute atomic E-state index is 12.4. The first kappa shape index (κ1) is 13.1. The first-order valence-corrected chi connectivity index (χ1v) is 7.49. The van der Waals surface area contributed by atoms with Gasteiger partial charge in [-0.15, -0.1) is 11.3 Å². The van der Waals surface area contributed by atoms with E-state index in [2.05, 4.69) is 14.9 Å². The van der Waals surface area contributed by atoms with Crippen LogP contribution >= 0.6 is 11.3 Å². The van der Waals surface area contributed by atoms with Crippen LogP contribution in [0.4, 0.5) is 5.82 Å². The van der Waals surface area contributed by atoms with Crippen molar-refractivity contribution in [1.82, 2.24) is 14.9 Å². The van der Waals surface area contributed by atoms with Crippen LogP contribution in [0.25, 0.3) is 0 Å². The zero-order valence-electron chi connectivity index (χ0n) is 11.3. The highest BCUT2D eigenvalue weighted by molar-refractivity contribution is 7.09. The molecule has 0 radical (unpaired) electrons. The van der Waals surface area contributed by atoms with Gasteiger partial charge in [0.2, 0.25) is 0 Å². The van der Waals surface area contributed by atoms with Crippen LogP contribution in [-0.4, -0.2) is 47.0 Å². The van der Waals surface area contributed by atoms with Gasteiger partial charge in [0.25, 0.3) is 5.91 Å². The van der Waals surface area contributed by atoms with Crippen molar-refractivity contribution in [1.29, 1.82) is 0 Å². The van der Waals surface area contributed by atoms with Gasteiger partial charge in [0.15, 0.2) is 0 Å². The molecule has 5 nitrogen and oxygen atoms in total. The van der Waals surface area contributed by atoms with Crippen LogP contribution in [0.15, 0.2) is 29.9 Å². The summed E-state index contributed by atoms with van der Waals surface area (Å²) in [6.45, 7) is 4.99. The van der Waals surface area contributed by atoms with Crippen LogP contribution in [0.1, 0.15) is 15.4 Å². The van der Waals surface area contributed by atoms with E-state index in [-0.39, 0.29) is 5.91 Å². The van der Waals surface area contributed by atoms with E-state index in [1.54, 1.807) is 11.7 Å². The van der Waals surface area contributed by atoms with Gasteiger partial charge >= 0.3 is 0 Å². The summed E-state index contributed by atoms with van der Waals surface area (Å²) < 4.78 is 0. The smallest absolute Gasteiger partial charge is 0.273 e. The fourth-order valence-electron chi connectivity index (χ4n) is 2.34. The number of hydrogen-bond acceptors (Lipinski definition) is 5. The number of hydrogen-bond donors (Lipinski definition) is 0. The highest BCUT2D eigenvalue weighted by atomic mass is 32.1. The average molecular weight is 288 g/mol. The first-order valence-electron chi connectivity index (χ1n) is 6.61. The summed E-state index contributed by atoms with van der Waals surface area (Å²) in [6.07, 6.45) is 1.80. The molecule has 1 aliphatic rings. The largest absolute Gasteiger partial charge is 0.353 e. The summed E-state index contributed by atoms with van der Waals surface area (Å²) in [5, 5.41) is 0. The molecule has 0 unspecified atom stereocenters. The van der Waals surface area contributed by atoms with Gasteiger partial charge in [-0.2, -0.15) is 0 Å². The molecule has 0 saturated carbocycles. The molecular formula is C14H16N4OS. The standard InChI is InChI=1S/C14H16N4OS/c1-11-13(16-10-20-11)14(19)18-8-6-17(7-9-18)12-4-2-3-5-15-12/h2-5,10H,6-9H2,1H3. The van der Waals surface area contributed by atoms with Gasteiger partial charge in [-0.3, -0.25) is 4.79 Å². The molecular weight excluding hydrogens is 272 g/mol. The predicted octanol–water partition coefficient (Wildman–Crippen LogP) is 1.81. The molecule has 1 saturated heterocycles. The van der Waals surface area contributed by atoms with Gasteiger partial charge in [-0.1, -0.05) is 6.07 Å². The normalized spacial score (nSPS) is 15.4. The molecule has 104 valence electrons. The molecule has 6 heteroatoms. The molecule has 0 aliphatic carbocycles. The highest BCUT2D eigenvalue weighted by Gasteiger charge is 2.24. The minimum Gasteiger partial charge on any atom is -0.353 e. The fourth-order valence-corrected chi connectivity index (χ4v) is 2.91. The zero-order valence-corrected chi connectivity index (χ0v) is 12.1. The van der Waals surface area contributed by atoms with Gasteiger partial charge in [-0.25, -0.2) is 9.97 Å². The maximum atomic E-state index is 12.4. The van der Waals surface area contributed by atoms with Crippen LogP contribution in [0.5, 0.6) is 0 Å². The molecule has 1 aliphatic heterocycles. The summed E-state index contributed by atoms with van der Waals surface area (Å²) in [5.74, 6) is 1.02. The Morgan fingerprint density at radius 3 is 2.60 bits per heavy atom. The van der Waals surface area contributed by atoms with Crippen molar-refractivity contribution in [2.45, 2.75) is 6.92 Å². The number of carbonyl (C=O) groups excluding carboxylic acids is 1. The van der Waals surface area contributed by atoms with Gasteiger partial charge in [-0.05, 0) is 19.1 Å². The van der Waals surface area contributed by atoms with E-state index in [1.165, 1.54) is 11.3 Å². The Kier molecular flexibility index (Phi) is 3.64. The van der Waals surface area contributed by atoms with E-state index >= 15 is 0 Å². The van der Waals surface area contributed by atoms with Gasteiger partial charge in [0.1, 0.15) is 11.5 Å². The zero-order chi connectivity index (χ0) is 13.9. The van der Waals surface area contributed by atoms with Crippen LogP contribution in [0.2, 0.25) is 0 Å². The lowest BCUT2D eigenvalue weighted by Gasteiger charge is -2.35. The molecule has 2 aromatic heterocycles. The van der Waals surface area contributed by atoms with Crippen LogP contribution in [0.3, 0.4) is 0 Å². The highest BCUT2D eigenvalue weighted by Crippen LogP contribution is 2.17. The Labute approximate surface area is 121 Å². The van der Waals surface area contributed by atoms with Gasteiger partial charge < -0.3 is 9.80 Å². The van der Waals surface area contributed by atoms with E-state index in [9.17, 15) is 4.79 Å². The molecule has 20 heavy (non-hydrogen) atoms. The lowest BCUT2D eigenvalue weighted by Crippen LogP contribution is -2.49. The SMILES string of the molecule is Cc1scnc1C(=O)N1CCN(c2ccccn2)CC1. The lowest BCUT2D eigenvalue weighted by molar-refractivity contribution is 0.0740. The number of pyridine rings is 1. The molecule has 3 rings (SSSR count). The van der Waals surface area contributed by atoms with Crippen LogP contribution in [-0.2, 0) is 0 Å². The molecule has 0 aromatic carbocycles. The maximum Gasteiger partial charge on any atom is 0.273 e. The van der Waals surface area contributed by atoms with Crippen molar-refractivity contribution in [3.05, 3.63) is 40.5 Å². The minimum atomic E-state index is 0.0458. The summed E-state index contributed by atoms with van der Waals surface area (Å²) in [4.78, 5) is 25.9. The molecule has 0 spiro atoms. The third-order valence-corrected chi connectivity index (χ3v) is 4.25. The number of aryl methyl sites for hydroxylation is 1. The molecule has 3 heterocycles. The molecule has 0 atom stereocenters. The third kappa shape index (κ3) is 2.51. The van der Waals surface area contributed by atoms with Crippen molar-refractivity contribution in [2.24, 2.45) is 0 Å². The van der Waals surface area contributed by atoms with E-state index < -0.39 is 0 Å². The van der Waals surface area contributed by atoms with Gasteiger partial charge in [0, 0.05) is 37.3 Å². The van der Waals surface area contributed by atoms with E-state index in [0.29, 0.717) is 18.8 Å². The predicted molar refractivity (Wildman–Crippen MR) is 79.2 cm³/mol. The van der Waals surface area contributed by atoms with Gasteiger partial charge in [0.05, 0.1) is 5.51 Å². The number of aromatic nitrogens is 2. The van der Waals surface area contributed by atoms with Crippen molar-refractivity contribution in [3.63, 3.8) is 0 Å². The third-order valence-electron chi connectivity index (χ3n) is 3.49. The number of thiazole rings is 1. The van der Waals surface area contributed by atoms with Crippen molar-refractivity contribution < 1.29 is 4.79 Å². The summed E-state index contributed by atoms with van der Waals surface area (Å²) in [5.41, 5.74) is 2.33. The minimum absolute atomic E-state index is 0.0458. The number of amides is 1. The molecule has 1 amide bonds. The Bertz CT molecular complexity index is 590. The average Bonchev–Trinajstić information content (AvgIpc) is 2.94.